The Labute approximate surface area is 191 Å². The molecule has 1 amide bonds. The third kappa shape index (κ3) is 7.49. The number of halogens is 3. The zero-order valence-corrected chi connectivity index (χ0v) is 18.5. The Morgan fingerprint density at radius 2 is 1.64 bits per heavy atom. The molecule has 0 atom stereocenters. The molecular formula is C24H28F3N3O3. The van der Waals surface area contributed by atoms with Crippen molar-refractivity contribution in [3.05, 3.63) is 59.7 Å². The van der Waals surface area contributed by atoms with Gasteiger partial charge in [-0.3, -0.25) is 14.5 Å². The van der Waals surface area contributed by atoms with Gasteiger partial charge < -0.3 is 15.0 Å². The molecule has 33 heavy (non-hydrogen) atoms. The molecular weight excluding hydrogens is 435 g/mol. The van der Waals surface area contributed by atoms with Crippen LogP contribution in [0.15, 0.2) is 48.5 Å². The van der Waals surface area contributed by atoms with Crippen LogP contribution in [0.25, 0.3) is 0 Å². The molecule has 1 saturated heterocycles. The van der Waals surface area contributed by atoms with Gasteiger partial charge in [-0.1, -0.05) is 12.1 Å². The van der Waals surface area contributed by atoms with Crippen LogP contribution in [0.1, 0.15) is 30.9 Å². The van der Waals surface area contributed by atoms with Crippen LogP contribution < -0.4 is 10.2 Å². The van der Waals surface area contributed by atoms with Crippen LogP contribution in [-0.2, 0) is 27.0 Å². The number of amides is 1. The van der Waals surface area contributed by atoms with E-state index in [1.807, 2.05) is 24.3 Å². The lowest BCUT2D eigenvalue weighted by Crippen LogP contribution is -2.37. The first kappa shape index (κ1) is 24.6. The molecule has 2 aromatic rings. The van der Waals surface area contributed by atoms with Crippen LogP contribution >= 0.6 is 0 Å². The van der Waals surface area contributed by atoms with Crippen molar-refractivity contribution < 1.29 is 27.5 Å². The van der Waals surface area contributed by atoms with E-state index in [-0.39, 0.29) is 32.1 Å². The number of carbonyl (C=O) groups excluding carboxylic acids is 2. The number of esters is 1. The highest BCUT2D eigenvalue weighted by molar-refractivity contribution is 5.92. The fraction of sp³-hybridized carbons (Fsp3) is 0.417. The van der Waals surface area contributed by atoms with E-state index in [0.29, 0.717) is 11.3 Å². The van der Waals surface area contributed by atoms with Crippen LogP contribution in [0.5, 0.6) is 0 Å². The van der Waals surface area contributed by atoms with Gasteiger partial charge in [0.25, 0.3) is 0 Å². The van der Waals surface area contributed by atoms with Crippen molar-refractivity contribution in [3.63, 3.8) is 0 Å². The summed E-state index contributed by atoms with van der Waals surface area (Å²) in [7, 11) is 0. The van der Waals surface area contributed by atoms with Crippen LogP contribution in [0.4, 0.5) is 24.5 Å². The van der Waals surface area contributed by atoms with E-state index in [0.717, 1.165) is 30.9 Å². The highest BCUT2D eigenvalue weighted by Crippen LogP contribution is 2.29. The molecule has 3 rings (SSSR count). The molecule has 0 saturated carbocycles. The summed E-state index contributed by atoms with van der Waals surface area (Å²) in [4.78, 5) is 28.4. The smallest absolute Gasteiger partial charge is 0.416 e. The van der Waals surface area contributed by atoms with E-state index in [9.17, 15) is 22.8 Å². The molecule has 1 aliphatic rings. The van der Waals surface area contributed by atoms with E-state index in [1.165, 1.54) is 29.9 Å². The minimum absolute atomic E-state index is 0.117. The average molecular weight is 464 g/mol. The largest absolute Gasteiger partial charge is 0.465 e. The molecule has 1 N–H and O–H groups in total. The lowest BCUT2D eigenvalue weighted by atomic mass is 10.1. The number of carbonyl (C=O) groups is 2. The molecule has 0 radical (unpaired) electrons. The van der Waals surface area contributed by atoms with Crippen molar-refractivity contribution >= 4 is 23.3 Å². The number of anilines is 2. The maximum Gasteiger partial charge on any atom is 0.416 e. The predicted octanol–water partition coefficient (Wildman–Crippen LogP) is 4.31. The van der Waals surface area contributed by atoms with Crippen molar-refractivity contribution in [3.8, 4) is 0 Å². The summed E-state index contributed by atoms with van der Waals surface area (Å²) in [5.74, 6) is -0.840. The molecule has 0 unspecified atom stereocenters. The number of nitrogens with zero attached hydrogens (tertiary/aromatic N) is 2. The molecule has 178 valence electrons. The van der Waals surface area contributed by atoms with Crippen molar-refractivity contribution in [2.75, 3.05) is 43.0 Å². The van der Waals surface area contributed by atoms with E-state index < -0.39 is 17.7 Å². The normalized spacial score (nSPS) is 13.9. The Morgan fingerprint density at radius 3 is 2.21 bits per heavy atom. The monoisotopic (exact) mass is 463 g/mol. The second kappa shape index (κ2) is 11.2. The first-order valence-electron chi connectivity index (χ1n) is 10.9. The lowest BCUT2D eigenvalue weighted by molar-refractivity contribution is -0.144. The second-order valence-electron chi connectivity index (χ2n) is 7.93. The molecule has 1 aliphatic heterocycles. The number of ether oxygens (including phenoxy) is 1. The van der Waals surface area contributed by atoms with Gasteiger partial charge in [0.1, 0.15) is 0 Å². The molecule has 2 aromatic carbocycles. The third-order valence-electron chi connectivity index (χ3n) is 5.33. The maximum absolute atomic E-state index is 12.8. The Morgan fingerprint density at radius 1 is 1.00 bits per heavy atom. The summed E-state index contributed by atoms with van der Waals surface area (Å²) in [5.41, 5.74) is 1.54. The predicted molar refractivity (Wildman–Crippen MR) is 120 cm³/mol. The Hall–Kier alpha value is -3.07. The van der Waals surface area contributed by atoms with E-state index in [1.54, 1.807) is 6.92 Å². The Bertz CT molecular complexity index is 925. The molecule has 1 heterocycles. The summed E-state index contributed by atoms with van der Waals surface area (Å²) >= 11 is 0. The van der Waals surface area contributed by atoms with Gasteiger partial charge in [-0.2, -0.15) is 13.2 Å². The van der Waals surface area contributed by atoms with Gasteiger partial charge in [0.2, 0.25) is 5.91 Å². The zero-order valence-electron chi connectivity index (χ0n) is 18.5. The van der Waals surface area contributed by atoms with Gasteiger partial charge in [0, 0.05) is 31.0 Å². The van der Waals surface area contributed by atoms with E-state index in [4.69, 9.17) is 4.74 Å². The van der Waals surface area contributed by atoms with Crippen molar-refractivity contribution in [1.82, 2.24) is 4.90 Å². The first-order chi connectivity index (χ1) is 15.7. The maximum atomic E-state index is 12.8. The number of rotatable bonds is 9. The quantitative estimate of drug-likeness (QED) is 0.562. The molecule has 6 nitrogen and oxygen atoms in total. The molecule has 1 fully saturated rings. The fourth-order valence-corrected chi connectivity index (χ4v) is 3.75. The average Bonchev–Trinajstić information content (AvgIpc) is 3.29. The van der Waals surface area contributed by atoms with Crippen molar-refractivity contribution in [2.24, 2.45) is 0 Å². The molecule has 0 bridgehead atoms. The van der Waals surface area contributed by atoms with Gasteiger partial charge in [-0.15, -0.1) is 0 Å². The highest BCUT2D eigenvalue weighted by Gasteiger charge is 2.30. The van der Waals surface area contributed by atoms with E-state index in [2.05, 4.69) is 10.2 Å². The van der Waals surface area contributed by atoms with Crippen LogP contribution in [0.3, 0.4) is 0 Å². The number of nitrogens with one attached hydrogen (secondary N) is 1. The molecule has 0 aliphatic carbocycles. The van der Waals surface area contributed by atoms with Crippen LogP contribution in [0.2, 0.25) is 0 Å². The minimum Gasteiger partial charge on any atom is -0.465 e. The number of hydrogen-bond acceptors (Lipinski definition) is 5. The minimum atomic E-state index is -4.42. The first-order valence-corrected chi connectivity index (χ1v) is 10.9. The van der Waals surface area contributed by atoms with Gasteiger partial charge >= 0.3 is 12.1 Å². The summed E-state index contributed by atoms with van der Waals surface area (Å²) in [6.07, 6.45) is -2.07. The molecule has 9 heteroatoms. The van der Waals surface area contributed by atoms with Crippen molar-refractivity contribution in [1.29, 1.82) is 0 Å². The Balaban J connectivity index is 1.62. The van der Waals surface area contributed by atoms with Gasteiger partial charge in [-0.25, -0.2) is 0 Å². The Kier molecular flexibility index (Phi) is 8.32. The highest BCUT2D eigenvalue weighted by atomic mass is 19.4. The zero-order chi connectivity index (χ0) is 23.8. The third-order valence-corrected chi connectivity index (χ3v) is 5.33. The van der Waals surface area contributed by atoms with Crippen LogP contribution in [-0.4, -0.2) is 49.6 Å². The number of alkyl halides is 3. The topological polar surface area (TPSA) is 61.9 Å². The number of benzene rings is 2. The molecule has 0 aromatic heterocycles. The van der Waals surface area contributed by atoms with Gasteiger partial charge in [0.05, 0.1) is 25.3 Å². The summed E-state index contributed by atoms with van der Waals surface area (Å²) in [6.45, 7) is 3.78. The summed E-state index contributed by atoms with van der Waals surface area (Å²) < 4.78 is 43.4. The van der Waals surface area contributed by atoms with Crippen molar-refractivity contribution in [2.45, 2.75) is 32.5 Å². The fourth-order valence-electron chi connectivity index (χ4n) is 3.75. The molecule has 0 spiro atoms. The van der Waals surface area contributed by atoms with Gasteiger partial charge in [0.15, 0.2) is 0 Å². The number of hydrogen-bond donors (Lipinski definition) is 1. The van der Waals surface area contributed by atoms with E-state index >= 15 is 0 Å². The van der Waals surface area contributed by atoms with Gasteiger partial charge in [-0.05, 0) is 61.7 Å². The summed E-state index contributed by atoms with van der Waals surface area (Å²) in [6, 6.07) is 12.2. The standard InChI is InChI=1S/C24H28F3N3O3/c1-2-33-23(32)17-29(15-18-5-7-19(8-6-18)24(25,26)27)16-22(31)28-20-9-11-21(12-10-20)30-13-3-4-14-30/h5-12H,2-4,13-17H2,1H3,(H,28,31). The second-order valence-corrected chi connectivity index (χ2v) is 7.93. The SMILES string of the molecule is CCOC(=O)CN(CC(=O)Nc1ccc(N2CCCC2)cc1)Cc1ccc(C(F)(F)F)cc1. The summed E-state index contributed by atoms with van der Waals surface area (Å²) in [5, 5.41) is 2.81. The van der Waals surface area contributed by atoms with Crippen LogP contribution in [0, 0.1) is 0 Å². The lowest BCUT2D eigenvalue weighted by Gasteiger charge is -2.21.